The second-order valence-electron chi connectivity index (χ2n) is 4.70. The molecule has 0 aromatic heterocycles. The van der Waals surface area contributed by atoms with E-state index in [9.17, 15) is 9.59 Å². The van der Waals surface area contributed by atoms with Crippen molar-refractivity contribution in [3.8, 4) is 0 Å². The molecule has 0 radical (unpaired) electrons. The molecule has 0 aliphatic heterocycles. The molecular formula is C15H15BrN2O3. The first-order valence-electron chi connectivity index (χ1n) is 6.35. The topological polar surface area (TPSA) is 69.6 Å². The summed E-state index contributed by atoms with van der Waals surface area (Å²) in [5.74, 6) is -1.05. The first-order valence-corrected chi connectivity index (χ1v) is 7.15. The SMILES string of the molecule is CC(C(=O)O)N(C)C(=O)Nc1ccc(Br)c2ccccc12. The summed E-state index contributed by atoms with van der Waals surface area (Å²) in [7, 11) is 1.45. The van der Waals surface area contributed by atoms with Crippen molar-refractivity contribution in [1.29, 1.82) is 0 Å². The highest BCUT2D eigenvalue weighted by atomic mass is 79.9. The maximum atomic E-state index is 12.1. The van der Waals surface area contributed by atoms with Crippen LogP contribution < -0.4 is 5.32 Å². The van der Waals surface area contributed by atoms with Gasteiger partial charge in [0, 0.05) is 16.9 Å². The molecule has 0 saturated carbocycles. The quantitative estimate of drug-likeness (QED) is 0.889. The number of hydrogen-bond donors (Lipinski definition) is 2. The molecule has 0 saturated heterocycles. The predicted octanol–water partition coefficient (Wildman–Crippen LogP) is 3.54. The molecule has 0 spiro atoms. The fraction of sp³-hybridized carbons (Fsp3) is 0.200. The highest BCUT2D eigenvalue weighted by Gasteiger charge is 2.22. The first-order chi connectivity index (χ1) is 9.91. The fourth-order valence-electron chi connectivity index (χ4n) is 1.92. The summed E-state index contributed by atoms with van der Waals surface area (Å²) in [4.78, 5) is 24.2. The van der Waals surface area contributed by atoms with Gasteiger partial charge in [-0.1, -0.05) is 40.2 Å². The summed E-state index contributed by atoms with van der Waals surface area (Å²) in [6.07, 6.45) is 0. The Hall–Kier alpha value is -2.08. The van der Waals surface area contributed by atoms with Crippen LogP contribution in [0.2, 0.25) is 0 Å². The van der Waals surface area contributed by atoms with Gasteiger partial charge in [-0.2, -0.15) is 0 Å². The van der Waals surface area contributed by atoms with Gasteiger partial charge in [-0.3, -0.25) is 0 Å². The maximum absolute atomic E-state index is 12.1. The molecule has 0 heterocycles. The normalized spacial score (nSPS) is 12.0. The molecule has 5 nitrogen and oxygen atoms in total. The second-order valence-corrected chi connectivity index (χ2v) is 5.55. The minimum atomic E-state index is -1.05. The molecule has 1 atom stereocenters. The molecule has 2 amide bonds. The van der Waals surface area contributed by atoms with E-state index in [1.165, 1.54) is 14.0 Å². The van der Waals surface area contributed by atoms with Crippen LogP contribution in [-0.4, -0.2) is 35.1 Å². The lowest BCUT2D eigenvalue weighted by atomic mass is 10.1. The molecule has 6 heteroatoms. The molecule has 2 aromatic rings. The number of carbonyl (C=O) groups excluding carboxylic acids is 1. The number of benzene rings is 2. The van der Waals surface area contributed by atoms with E-state index >= 15 is 0 Å². The van der Waals surface area contributed by atoms with E-state index < -0.39 is 18.0 Å². The number of nitrogens with zero attached hydrogens (tertiary/aromatic N) is 1. The van der Waals surface area contributed by atoms with Crippen LogP contribution in [0.3, 0.4) is 0 Å². The second kappa shape index (κ2) is 6.13. The van der Waals surface area contributed by atoms with Gasteiger partial charge < -0.3 is 15.3 Å². The van der Waals surface area contributed by atoms with Crippen LogP contribution in [0.15, 0.2) is 40.9 Å². The van der Waals surface area contributed by atoms with Gasteiger partial charge in [-0.05, 0) is 24.4 Å². The summed E-state index contributed by atoms with van der Waals surface area (Å²) >= 11 is 3.47. The Morgan fingerprint density at radius 1 is 1.19 bits per heavy atom. The number of carboxylic acids is 1. The van der Waals surface area contributed by atoms with Gasteiger partial charge in [0.2, 0.25) is 0 Å². The lowest BCUT2D eigenvalue weighted by Gasteiger charge is -2.22. The monoisotopic (exact) mass is 350 g/mol. The smallest absolute Gasteiger partial charge is 0.326 e. The average Bonchev–Trinajstić information content (AvgIpc) is 2.48. The van der Waals surface area contributed by atoms with Crippen LogP contribution in [0.25, 0.3) is 10.8 Å². The van der Waals surface area contributed by atoms with Crippen molar-refractivity contribution in [2.24, 2.45) is 0 Å². The molecule has 0 bridgehead atoms. The fourth-order valence-corrected chi connectivity index (χ4v) is 2.39. The molecule has 110 valence electrons. The number of fused-ring (bicyclic) bond motifs is 1. The van der Waals surface area contributed by atoms with Crippen LogP contribution in [0.5, 0.6) is 0 Å². The molecule has 2 N–H and O–H groups in total. The number of likely N-dealkylation sites (N-methyl/N-ethyl adjacent to an activating group) is 1. The Balaban J connectivity index is 2.30. The number of amides is 2. The molecule has 2 rings (SSSR count). The van der Waals surface area contributed by atoms with Crippen molar-refractivity contribution in [3.63, 3.8) is 0 Å². The Morgan fingerprint density at radius 3 is 2.43 bits per heavy atom. The maximum Gasteiger partial charge on any atom is 0.326 e. The highest BCUT2D eigenvalue weighted by Crippen LogP contribution is 2.30. The summed E-state index contributed by atoms with van der Waals surface area (Å²) in [6, 6.07) is 9.91. The van der Waals surface area contributed by atoms with Crippen molar-refractivity contribution >= 4 is 44.4 Å². The lowest BCUT2D eigenvalue weighted by molar-refractivity contribution is -0.141. The van der Waals surface area contributed by atoms with Crippen LogP contribution in [0, 0.1) is 0 Å². The molecule has 2 aromatic carbocycles. The third kappa shape index (κ3) is 3.16. The third-order valence-corrected chi connectivity index (χ3v) is 4.06. The van der Waals surface area contributed by atoms with Crippen LogP contribution >= 0.6 is 15.9 Å². The molecular weight excluding hydrogens is 336 g/mol. The average molecular weight is 351 g/mol. The third-order valence-electron chi connectivity index (χ3n) is 3.37. The molecule has 0 fully saturated rings. The zero-order chi connectivity index (χ0) is 15.6. The molecule has 1 unspecified atom stereocenters. The largest absolute Gasteiger partial charge is 0.480 e. The van der Waals surface area contributed by atoms with Gasteiger partial charge in [0.05, 0.1) is 5.69 Å². The zero-order valence-corrected chi connectivity index (χ0v) is 13.2. The van der Waals surface area contributed by atoms with Crippen LogP contribution in [-0.2, 0) is 4.79 Å². The van der Waals surface area contributed by atoms with Gasteiger partial charge in [-0.15, -0.1) is 0 Å². The number of carboxylic acid groups (broad SMARTS) is 1. The number of nitrogens with one attached hydrogen (secondary N) is 1. The Kier molecular flexibility index (Phi) is 4.47. The number of carbonyl (C=O) groups is 2. The van der Waals surface area contributed by atoms with Crippen LogP contribution in [0.4, 0.5) is 10.5 Å². The van der Waals surface area contributed by atoms with Gasteiger partial charge in [0.15, 0.2) is 0 Å². The molecule has 0 aliphatic rings. The standard InChI is InChI=1S/C15H15BrN2O3/c1-9(14(19)20)18(2)15(21)17-13-8-7-12(16)10-5-3-4-6-11(10)13/h3-9H,1-2H3,(H,17,21)(H,19,20). The Bertz CT molecular complexity index is 702. The number of anilines is 1. The van der Waals surface area contributed by atoms with Crippen molar-refractivity contribution in [3.05, 3.63) is 40.9 Å². The van der Waals surface area contributed by atoms with Crippen molar-refractivity contribution < 1.29 is 14.7 Å². The number of hydrogen-bond acceptors (Lipinski definition) is 2. The zero-order valence-electron chi connectivity index (χ0n) is 11.6. The molecule has 0 aliphatic carbocycles. The number of rotatable bonds is 3. The lowest BCUT2D eigenvalue weighted by Crippen LogP contribution is -2.42. The Morgan fingerprint density at radius 2 is 1.81 bits per heavy atom. The van der Waals surface area contributed by atoms with E-state index in [2.05, 4.69) is 21.2 Å². The van der Waals surface area contributed by atoms with Gasteiger partial charge >= 0.3 is 12.0 Å². The van der Waals surface area contributed by atoms with Crippen molar-refractivity contribution in [1.82, 2.24) is 4.90 Å². The van der Waals surface area contributed by atoms with Gasteiger partial charge in [0.25, 0.3) is 0 Å². The van der Waals surface area contributed by atoms with Crippen LogP contribution in [0.1, 0.15) is 6.92 Å². The predicted molar refractivity (Wildman–Crippen MR) is 85.5 cm³/mol. The van der Waals surface area contributed by atoms with Gasteiger partial charge in [0.1, 0.15) is 6.04 Å². The summed E-state index contributed by atoms with van der Waals surface area (Å²) in [5, 5.41) is 13.6. The van der Waals surface area contributed by atoms with Crippen molar-refractivity contribution in [2.75, 3.05) is 12.4 Å². The van der Waals surface area contributed by atoms with E-state index in [0.29, 0.717) is 5.69 Å². The van der Waals surface area contributed by atoms with E-state index in [-0.39, 0.29) is 0 Å². The highest BCUT2D eigenvalue weighted by molar-refractivity contribution is 9.10. The van der Waals surface area contributed by atoms with E-state index in [4.69, 9.17) is 5.11 Å². The van der Waals surface area contributed by atoms with E-state index in [1.807, 2.05) is 30.3 Å². The number of aliphatic carboxylic acids is 1. The first kappa shape index (κ1) is 15.3. The van der Waals surface area contributed by atoms with Crippen molar-refractivity contribution in [2.45, 2.75) is 13.0 Å². The summed E-state index contributed by atoms with van der Waals surface area (Å²) < 4.78 is 0.934. The van der Waals surface area contributed by atoms with Gasteiger partial charge in [-0.25, -0.2) is 9.59 Å². The summed E-state index contributed by atoms with van der Waals surface area (Å²) in [6.45, 7) is 1.46. The number of halogens is 1. The minimum Gasteiger partial charge on any atom is -0.480 e. The van der Waals surface area contributed by atoms with E-state index in [1.54, 1.807) is 6.07 Å². The summed E-state index contributed by atoms with van der Waals surface area (Å²) in [5.41, 5.74) is 0.642. The molecule has 21 heavy (non-hydrogen) atoms. The van der Waals surface area contributed by atoms with E-state index in [0.717, 1.165) is 20.1 Å². The minimum absolute atomic E-state index is 0.461. The Labute approximate surface area is 130 Å². The number of urea groups is 1.